The van der Waals surface area contributed by atoms with Gasteiger partial charge >= 0.3 is 0 Å². The van der Waals surface area contributed by atoms with E-state index in [-0.39, 0.29) is 24.8 Å². The lowest BCUT2D eigenvalue weighted by Crippen LogP contribution is -2.39. The Morgan fingerprint density at radius 2 is 1.75 bits per heavy atom. The number of nitrogens with zero attached hydrogens (tertiary/aromatic N) is 1. The Hall–Kier alpha value is -0.970. The topological polar surface area (TPSA) is 38.5 Å². The zero-order chi connectivity index (χ0) is 15.4. The lowest BCUT2D eigenvalue weighted by Gasteiger charge is -2.30. The molecule has 2 N–H and O–H groups in total. The van der Waals surface area contributed by atoms with E-state index in [4.69, 9.17) is 22.1 Å². The highest BCUT2D eigenvalue weighted by Gasteiger charge is 2.16. The van der Waals surface area contributed by atoms with Gasteiger partial charge in [0, 0.05) is 12.6 Å². The third-order valence-corrected chi connectivity index (χ3v) is 4.31. The van der Waals surface area contributed by atoms with Crippen LogP contribution >= 0.6 is 36.4 Å². The predicted molar refractivity (Wildman–Crippen MR) is 105 cm³/mol. The van der Waals surface area contributed by atoms with Crippen LogP contribution in [0.2, 0.25) is 5.02 Å². The molecule has 2 aromatic carbocycles. The van der Waals surface area contributed by atoms with E-state index < -0.39 is 0 Å². The van der Waals surface area contributed by atoms with E-state index in [9.17, 15) is 0 Å². The van der Waals surface area contributed by atoms with E-state index in [2.05, 4.69) is 17.0 Å². The van der Waals surface area contributed by atoms with Crippen molar-refractivity contribution in [3.05, 3.63) is 59.1 Å². The number of halogens is 3. The smallest absolute Gasteiger partial charge is 0.146 e. The lowest BCUT2D eigenvalue weighted by molar-refractivity contribution is 0.205. The normalized spacial score (nSPS) is 15.2. The fourth-order valence-electron chi connectivity index (χ4n) is 2.73. The van der Waals surface area contributed by atoms with Crippen molar-refractivity contribution in [2.45, 2.75) is 25.4 Å². The monoisotopic (exact) mass is 388 g/mol. The summed E-state index contributed by atoms with van der Waals surface area (Å²) in [4.78, 5) is 2.44. The Bertz CT molecular complexity index is 631. The molecule has 0 unspecified atom stereocenters. The molecule has 1 fully saturated rings. The van der Waals surface area contributed by atoms with E-state index in [1.165, 1.54) is 5.56 Å². The number of rotatable bonds is 4. The summed E-state index contributed by atoms with van der Waals surface area (Å²) in [6.45, 7) is 3.07. The molecule has 3 nitrogen and oxygen atoms in total. The van der Waals surface area contributed by atoms with Crippen LogP contribution in [-0.2, 0) is 6.54 Å². The summed E-state index contributed by atoms with van der Waals surface area (Å²) < 4.78 is 5.89. The van der Waals surface area contributed by atoms with Gasteiger partial charge in [0.05, 0.1) is 5.02 Å². The van der Waals surface area contributed by atoms with Crippen molar-refractivity contribution in [1.82, 2.24) is 4.90 Å². The van der Waals surface area contributed by atoms with E-state index in [0.717, 1.165) is 38.2 Å². The number of hydrogen-bond acceptors (Lipinski definition) is 3. The average molecular weight is 390 g/mol. The van der Waals surface area contributed by atoms with Gasteiger partial charge in [0.15, 0.2) is 0 Å². The highest BCUT2D eigenvalue weighted by atomic mass is 35.5. The van der Waals surface area contributed by atoms with E-state index >= 15 is 0 Å². The van der Waals surface area contributed by atoms with E-state index in [1.54, 1.807) is 0 Å². The zero-order valence-electron chi connectivity index (χ0n) is 13.4. The first-order valence-electron chi connectivity index (χ1n) is 7.70. The summed E-state index contributed by atoms with van der Waals surface area (Å²) in [5.41, 5.74) is 7.21. The molecule has 1 aliphatic heterocycles. The molecule has 0 saturated carbocycles. The van der Waals surface area contributed by atoms with Crippen LogP contribution in [0.15, 0.2) is 48.5 Å². The molecule has 0 amide bonds. The number of likely N-dealkylation sites (tertiary alicyclic amines) is 1. The second kappa shape index (κ2) is 10.1. The summed E-state index contributed by atoms with van der Waals surface area (Å²) >= 11 is 6.14. The SMILES string of the molecule is Cl.Cl.NC1CCN(Cc2cccc(Oc3ccccc3Cl)c2)CC1. The second-order valence-corrected chi connectivity index (χ2v) is 6.20. The molecule has 1 heterocycles. The highest BCUT2D eigenvalue weighted by Crippen LogP contribution is 2.29. The van der Waals surface area contributed by atoms with Crippen molar-refractivity contribution in [3.63, 3.8) is 0 Å². The van der Waals surface area contributed by atoms with Crippen molar-refractivity contribution >= 4 is 36.4 Å². The molecule has 0 atom stereocenters. The number of hydrogen-bond donors (Lipinski definition) is 1. The first-order chi connectivity index (χ1) is 10.7. The Balaban J connectivity index is 0.00000144. The van der Waals surface area contributed by atoms with Crippen LogP contribution < -0.4 is 10.5 Å². The van der Waals surface area contributed by atoms with Gasteiger partial charge in [-0.2, -0.15) is 0 Å². The fraction of sp³-hybridized carbons (Fsp3) is 0.333. The standard InChI is InChI=1S/C18H21ClN2O.2ClH/c19-17-6-1-2-7-18(17)22-16-5-3-4-14(12-16)13-21-10-8-15(20)9-11-21;;/h1-7,12,15H,8-11,13,20H2;2*1H. The number of para-hydroxylation sites is 1. The Morgan fingerprint density at radius 1 is 1.04 bits per heavy atom. The molecular weight excluding hydrogens is 367 g/mol. The van der Waals surface area contributed by atoms with Gasteiger partial charge in [-0.15, -0.1) is 24.8 Å². The molecule has 0 aromatic heterocycles. The maximum Gasteiger partial charge on any atom is 0.146 e. The van der Waals surface area contributed by atoms with Crippen molar-refractivity contribution < 1.29 is 4.74 Å². The van der Waals surface area contributed by atoms with Crippen molar-refractivity contribution in [2.75, 3.05) is 13.1 Å². The van der Waals surface area contributed by atoms with Crippen LogP contribution in [0.1, 0.15) is 18.4 Å². The quantitative estimate of drug-likeness (QED) is 0.808. The van der Waals surface area contributed by atoms with Crippen LogP contribution in [-0.4, -0.2) is 24.0 Å². The van der Waals surface area contributed by atoms with Gasteiger partial charge in [-0.25, -0.2) is 0 Å². The third-order valence-electron chi connectivity index (χ3n) is 4.00. The maximum absolute atomic E-state index is 6.14. The molecule has 1 saturated heterocycles. The number of benzene rings is 2. The highest BCUT2D eigenvalue weighted by molar-refractivity contribution is 6.32. The van der Waals surface area contributed by atoms with E-state index in [1.807, 2.05) is 36.4 Å². The van der Waals surface area contributed by atoms with Crippen molar-refractivity contribution in [3.8, 4) is 11.5 Å². The molecule has 0 aliphatic carbocycles. The first-order valence-corrected chi connectivity index (χ1v) is 8.08. The maximum atomic E-state index is 6.14. The Labute approximate surface area is 160 Å². The average Bonchev–Trinajstić information content (AvgIpc) is 2.52. The molecule has 0 spiro atoms. The van der Waals surface area contributed by atoms with Gasteiger partial charge in [-0.1, -0.05) is 35.9 Å². The van der Waals surface area contributed by atoms with E-state index in [0.29, 0.717) is 16.8 Å². The first kappa shape index (κ1) is 21.1. The lowest BCUT2D eigenvalue weighted by atomic mass is 10.1. The number of piperidine rings is 1. The zero-order valence-corrected chi connectivity index (χ0v) is 15.7. The molecule has 0 bridgehead atoms. The molecule has 2 aromatic rings. The van der Waals surface area contributed by atoms with Crippen LogP contribution in [0.25, 0.3) is 0 Å². The summed E-state index contributed by atoms with van der Waals surface area (Å²) in [6, 6.07) is 16.1. The summed E-state index contributed by atoms with van der Waals surface area (Å²) in [6.07, 6.45) is 2.16. The van der Waals surface area contributed by atoms with Gasteiger partial charge in [0.25, 0.3) is 0 Å². The van der Waals surface area contributed by atoms with Crippen LogP contribution in [0.5, 0.6) is 11.5 Å². The minimum absolute atomic E-state index is 0. The molecule has 6 heteroatoms. The molecular formula is C18H23Cl3N2O. The van der Waals surface area contributed by atoms with Gasteiger partial charge in [0.1, 0.15) is 11.5 Å². The molecule has 24 heavy (non-hydrogen) atoms. The molecule has 0 radical (unpaired) electrons. The van der Waals surface area contributed by atoms with Gasteiger partial charge in [-0.05, 0) is 55.8 Å². The summed E-state index contributed by atoms with van der Waals surface area (Å²) in [5, 5.41) is 0.623. The van der Waals surface area contributed by atoms with Gasteiger partial charge in [-0.3, -0.25) is 4.90 Å². The molecule has 1 aliphatic rings. The molecule has 3 rings (SSSR count). The van der Waals surface area contributed by atoms with Crippen LogP contribution in [0, 0.1) is 0 Å². The Kier molecular flexibility index (Phi) is 8.88. The second-order valence-electron chi connectivity index (χ2n) is 5.79. The third kappa shape index (κ3) is 5.83. The fourth-order valence-corrected chi connectivity index (χ4v) is 2.91. The predicted octanol–water partition coefficient (Wildman–Crippen LogP) is 4.90. The Morgan fingerprint density at radius 3 is 2.46 bits per heavy atom. The summed E-state index contributed by atoms with van der Waals surface area (Å²) in [5.74, 6) is 1.50. The van der Waals surface area contributed by atoms with Gasteiger partial charge < -0.3 is 10.5 Å². The van der Waals surface area contributed by atoms with Gasteiger partial charge in [0.2, 0.25) is 0 Å². The largest absolute Gasteiger partial charge is 0.456 e. The number of nitrogens with two attached hydrogens (primary N) is 1. The minimum Gasteiger partial charge on any atom is -0.456 e. The van der Waals surface area contributed by atoms with Crippen molar-refractivity contribution in [1.29, 1.82) is 0 Å². The summed E-state index contributed by atoms with van der Waals surface area (Å²) in [7, 11) is 0. The number of ether oxygens (including phenoxy) is 1. The van der Waals surface area contributed by atoms with Crippen LogP contribution in [0.4, 0.5) is 0 Å². The molecule has 132 valence electrons. The minimum atomic E-state index is 0. The van der Waals surface area contributed by atoms with Crippen molar-refractivity contribution in [2.24, 2.45) is 5.73 Å². The van der Waals surface area contributed by atoms with Crippen LogP contribution in [0.3, 0.4) is 0 Å².